The molecule has 0 spiro atoms. The Morgan fingerprint density at radius 1 is 1.43 bits per heavy atom. The number of halogens is 1. The van der Waals surface area contributed by atoms with Gasteiger partial charge in [0.2, 0.25) is 0 Å². The molecular weight excluding hydrogens is 248 g/mol. The van der Waals surface area contributed by atoms with Gasteiger partial charge in [-0.2, -0.15) is 0 Å². The first-order chi connectivity index (χ1) is 6.50. The molecule has 0 radical (unpaired) electrons. The van der Waals surface area contributed by atoms with Crippen LogP contribution in [-0.2, 0) is 4.79 Å². The van der Waals surface area contributed by atoms with Crippen molar-refractivity contribution in [1.29, 1.82) is 0 Å². The predicted octanol–water partition coefficient (Wildman–Crippen LogP) is 2.32. The highest BCUT2D eigenvalue weighted by Gasteiger charge is 2.13. The highest BCUT2D eigenvalue weighted by atomic mass is 79.9. The topological polar surface area (TPSA) is 54.4 Å². The molecule has 0 unspecified atom stereocenters. The molecule has 0 aliphatic rings. The molecule has 0 saturated carbocycles. The van der Waals surface area contributed by atoms with Crippen molar-refractivity contribution >= 4 is 27.5 Å². The first-order valence-electron chi connectivity index (χ1n) is 4.02. The van der Waals surface area contributed by atoms with E-state index in [1.165, 1.54) is 19.1 Å². The molecule has 1 rings (SSSR count). The second-order valence-corrected chi connectivity index (χ2v) is 3.88. The smallest absolute Gasteiger partial charge is 0.173 e. The summed E-state index contributed by atoms with van der Waals surface area (Å²) in [5.41, 5.74) is 0.176. The van der Waals surface area contributed by atoms with E-state index in [9.17, 15) is 14.7 Å². The Morgan fingerprint density at radius 3 is 2.64 bits per heavy atom. The van der Waals surface area contributed by atoms with Crippen LogP contribution in [0.15, 0.2) is 22.7 Å². The third-order valence-corrected chi connectivity index (χ3v) is 2.16. The Labute approximate surface area is 89.9 Å². The number of Topliss-reactive ketones (excluding diaryl/α,β-unsaturated/α-hetero) is 2. The number of ketones is 2. The second-order valence-electron chi connectivity index (χ2n) is 2.96. The van der Waals surface area contributed by atoms with Gasteiger partial charge in [0.05, 0.1) is 12.0 Å². The van der Waals surface area contributed by atoms with Gasteiger partial charge in [0, 0.05) is 4.47 Å². The molecule has 0 aromatic heterocycles. The molecule has 0 atom stereocenters. The fraction of sp³-hybridized carbons (Fsp3) is 0.200. The number of aromatic hydroxyl groups is 1. The maximum absolute atomic E-state index is 11.4. The van der Waals surface area contributed by atoms with Gasteiger partial charge < -0.3 is 5.11 Å². The number of carbonyl (C=O) groups is 2. The van der Waals surface area contributed by atoms with Crippen LogP contribution in [0.25, 0.3) is 0 Å². The van der Waals surface area contributed by atoms with E-state index in [1.54, 1.807) is 6.07 Å². The van der Waals surface area contributed by atoms with E-state index in [-0.39, 0.29) is 29.3 Å². The van der Waals surface area contributed by atoms with Gasteiger partial charge in [-0.3, -0.25) is 9.59 Å². The van der Waals surface area contributed by atoms with Crippen LogP contribution in [0.1, 0.15) is 23.7 Å². The van der Waals surface area contributed by atoms with Crippen molar-refractivity contribution < 1.29 is 14.7 Å². The third-order valence-electron chi connectivity index (χ3n) is 1.67. The SMILES string of the molecule is CC(=O)CC(=O)c1cc(Br)ccc1O. The quantitative estimate of drug-likeness (QED) is 0.667. The van der Waals surface area contributed by atoms with Crippen LogP contribution in [0.3, 0.4) is 0 Å². The Hall–Kier alpha value is -1.16. The van der Waals surface area contributed by atoms with Crippen molar-refractivity contribution in [2.24, 2.45) is 0 Å². The molecule has 4 heteroatoms. The fourth-order valence-corrected chi connectivity index (χ4v) is 1.41. The van der Waals surface area contributed by atoms with Crippen molar-refractivity contribution in [2.75, 3.05) is 0 Å². The second kappa shape index (κ2) is 4.37. The van der Waals surface area contributed by atoms with E-state index in [2.05, 4.69) is 15.9 Å². The zero-order chi connectivity index (χ0) is 10.7. The molecule has 0 heterocycles. The highest BCUT2D eigenvalue weighted by Crippen LogP contribution is 2.23. The average Bonchev–Trinajstić information content (AvgIpc) is 2.08. The van der Waals surface area contributed by atoms with Gasteiger partial charge in [-0.05, 0) is 25.1 Å². The Balaban J connectivity index is 3.00. The largest absolute Gasteiger partial charge is 0.507 e. The first-order valence-corrected chi connectivity index (χ1v) is 4.81. The van der Waals surface area contributed by atoms with Crippen LogP contribution < -0.4 is 0 Å². The van der Waals surface area contributed by atoms with Crippen molar-refractivity contribution in [3.8, 4) is 5.75 Å². The molecular formula is C10H9BrO3. The van der Waals surface area contributed by atoms with Crippen LogP contribution in [0.5, 0.6) is 5.75 Å². The Kier molecular flexibility index (Phi) is 3.41. The van der Waals surface area contributed by atoms with E-state index in [0.29, 0.717) is 4.47 Å². The van der Waals surface area contributed by atoms with Gasteiger partial charge in [0.1, 0.15) is 11.5 Å². The number of carbonyl (C=O) groups excluding carboxylic acids is 2. The van der Waals surface area contributed by atoms with E-state index in [4.69, 9.17) is 0 Å². The molecule has 0 fully saturated rings. The summed E-state index contributed by atoms with van der Waals surface area (Å²) >= 11 is 3.18. The molecule has 0 saturated heterocycles. The molecule has 1 aromatic rings. The minimum absolute atomic E-state index is 0.0977. The lowest BCUT2D eigenvalue weighted by atomic mass is 10.1. The minimum Gasteiger partial charge on any atom is -0.507 e. The van der Waals surface area contributed by atoms with E-state index in [1.807, 2.05) is 0 Å². The summed E-state index contributed by atoms with van der Waals surface area (Å²) in [7, 11) is 0. The molecule has 14 heavy (non-hydrogen) atoms. The fourth-order valence-electron chi connectivity index (χ4n) is 1.05. The van der Waals surface area contributed by atoms with Gasteiger partial charge >= 0.3 is 0 Å². The number of hydrogen-bond donors (Lipinski definition) is 1. The van der Waals surface area contributed by atoms with Crippen molar-refractivity contribution in [3.63, 3.8) is 0 Å². The summed E-state index contributed by atoms with van der Waals surface area (Å²) in [6.07, 6.45) is -0.177. The lowest BCUT2D eigenvalue weighted by Gasteiger charge is -2.02. The lowest BCUT2D eigenvalue weighted by Crippen LogP contribution is -2.05. The maximum atomic E-state index is 11.4. The summed E-state index contributed by atoms with van der Waals surface area (Å²) in [5.74, 6) is -0.676. The summed E-state index contributed by atoms with van der Waals surface area (Å²) in [5, 5.41) is 9.37. The molecule has 1 aromatic carbocycles. The number of phenolic OH excluding ortho intramolecular Hbond substituents is 1. The van der Waals surface area contributed by atoms with Crippen LogP contribution in [-0.4, -0.2) is 16.7 Å². The van der Waals surface area contributed by atoms with E-state index >= 15 is 0 Å². The molecule has 3 nitrogen and oxygen atoms in total. The van der Waals surface area contributed by atoms with Gasteiger partial charge in [-0.15, -0.1) is 0 Å². The summed E-state index contributed by atoms with van der Waals surface area (Å²) in [4.78, 5) is 22.1. The van der Waals surface area contributed by atoms with E-state index in [0.717, 1.165) is 0 Å². The summed E-state index contributed by atoms with van der Waals surface area (Å²) < 4.78 is 0.696. The number of rotatable bonds is 3. The van der Waals surface area contributed by atoms with Gasteiger partial charge in [-0.1, -0.05) is 15.9 Å². The number of benzene rings is 1. The van der Waals surface area contributed by atoms with Gasteiger partial charge in [-0.25, -0.2) is 0 Å². The highest BCUT2D eigenvalue weighted by molar-refractivity contribution is 9.10. The average molecular weight is 257 g/mol. The van der Waals surface area contributed by atoms with E-state index < -0.39 is 0 Å². The number of hydrogen-bond acceptors (Lipinski definition) is 3. The predicted molar refractivity (Wildman–Crippen MR) is 55.4 cm³/mol. The molecule has 1 N–H and O–H groups in total. The van der Waals surface area contributed by atoms with Gasteiger partial charge in [0.15, 0.2) is 5.78 Å². The Bertz CT molecular complexity index is 385. The summed E-state index contributed by atoms with van der Waals surface area (Å²) in [6, 6.07) is 4.54. The van der Waals surface area contributed by atoms with Crippen molar-refractivity contribution in [3.05, 3.63) is 28.2 Å². The monoisotopic (exact) mass is 256 g/mol. The molecule has 74 valence electrons. The van der Waals surface area contributed by atoms with Gasteiger partial charge in [0.25, 0.3) is 0 Å². The zero-order valence-electron chi connectivity index (χ0n) is 7.58. The molecule has 0 aliphatic carbocycles. The summed E-state index contributed by atoms with van der Waals surface area (Å²) in [6.45, 7) is 1.34. The Morgan fingerprint density at radius 2 is 2.07 bits per heavy atom. The van der Waals surface area contributed by atoms with Crippen LogP contribution >= 0.6 is 15.9 Å². The van der Waals surface area contributed by atoms with Crippen molar-refractivity contribution in [1.82, 2.24) is 0 Å². The van der Waals surface area contributed by atoms with Crippen LogP contribution in [0, 0.1) is 0 Å². The first kappa shape index (κ1) is 10.9. The lowest BCUT2D eigenvalue weighted by molar-refractivity contribution is -0.116. The standard InChI is InChI=1S/C10H9BrO3/c1-6(12)4-10(14)8-5-7(11)2-3-9(8)13/h2-3,5,13H,4H2,1H3. The third kappa shape index (κ3) is 2.67. The van der Waals surface area contributed by atoms with Crippen LogP contribution in [0.4, 0.5) is 0 Å². The molecule has 0 aliphatic heterocycles. The molecule has 0 bridgehead atoms. The minimum atomic E-state index is -0.365. The molecule has 0 amide bonds. The normalized spacial score (nSPS) is 9.86. The zero-order valence-corrected chi connectivity index (χ0v) is 9.17. The van der Waals surface area contributed by atoms with Crippen molar-refractivity contribution in [2.45, 2.75) is 13.3 Å². The van der Waals surface area contributed by atoms with Crippen LogP contribution in [0.2, 0.25) is 0 Å². The maximum Gasteiger partial charge on any atom is 0.173 e. The number of phenols is 1.